The molecule has 0 aliphatic carbocycles. The first-order valence-corrected chi connectivity index (χ1v) is 6.43. The Kier molecular flexibility index (Phi) is 9.06. The van der Waals surface area contributed by atoms with Crippen LogP contribution in [0.4, 0.5) is 0 Å². The molecule has 0 N–H and O–H groups in total. The molecule has 3 heteroatoms. The number of Topliss-reactive ketones (excluding diaryl/α,β-unsaturated/α-hetero) is 1. The lowest BCUT2D eigenvalue weighted by Gasteiger charge is -2.05. The Hall–Kier alpha value is -1.90. The van der Waals surface area contributed by atoms with Gasteiger partial charge >= 0.3 is 0 Å². The second kappa shape index (κ2) is 10.1. The standard InChI is InChI=1S/C9H15NO.C7H9N.H2/c1-5-6-9(8(2)11)7-10(3)4;1-2-7-5-3-4-6-8-7;/h5-7H,1-4H3;3-6H,2H2,1H3;1H/b6-5-,9-7+;;. The molecule has 0 saturated heterocycles. The minimum atomic E-state index is 0. The first-order chi connectivity index (χ1) is 9.01. The Balaban J connectivity index is 0. The van der Waals surface area contributed by atoms with Gasteiger partial charge in [0.2, 0.25) is 0 Å². The number of rotatable bonds is 4. The van der Waals surface area contributed by atoms with Gasteiger partial charge in [-0.1, -0.05) is 25.1 Å². The van der Waals surface area contributed by atoms with Gasteiger partial charge in [-0.15, -0.1) is 0 Å². The molecule has 0 aromatic carbocycles. The number of hydrogen-bond acceptors (Lipinski definition) is 3. The van der Waals surface area contributed by atoms with Gasteiger partial charge in [0.05, 0.1) is 0 Å². The summed E-state index contributed by atoms with van der Waals surface area (Å²) in [6, 6.07) is 5.96. The van der Waals surface area contributed by atoms with Crippen LogP contribution in [0.1, 0.15) is 27.9 Å². The van der Waals surface area contributed by atoms with Gasteiger partial charge in [-0.25, -0.2) is 0 Å². The molecule has 1 aromatic rings. The highest BCUT2D eigenvalue weighted by molar-refractivity contribution is 5.95. The number of ketones is 1. The van der Waals surface area contributed by atoms with E-state index in [1.165, 1.54) is 0 Å². The van der Waals surface area contributed by atoms with Gasteiger partial charge in [0, 0.05) is 39.2 Å². The molecular formula is C16H26N2O. The fourth-order valence-corrected chi connectivity index (χ4v) is 1.32. The summed E-state index contributed by atoms with van der Waals surface area (Å²) >= 11 is 0. The van der Waals surface area contributed by atoms with E-state index in [0.717, 1.165) is 17.7 Å². The van der Waals surface area contributed by atoms with Crippen molar-refractivity contribution in [2.75, 3.05) is 14.1 Å². The number of carbonyl (C=O) groups excluding carboxylic acids is 1. The molecule has 0 amide bonds. The quantitative estimate of drug-likeness (QED) is 0.615. The van der Waals surface area contributed by atoms with Crippen LogP contribution in [-0.4, -0.2) is 29.8 Å². The van der Waals surface area contributed by atoms with E-state index in [-0.39, 0.29) is 7.21 Å². The summed E-state index contributed by atoms with van der Waals surface area (Å²) in [7, 11) is 3.79. The molecule has 0 unspecified atom stereocenters. The summed E-state index contributed by atoms with van der Waals surface area (Å²) < 4.78 is 0. The van der Waals surface area contributed by atoms with Crippen LogP contribution in [-0.2, 0) is 11.2 Å². The van der Waals surface area contributed by atoms with Crippen molar-refractivity contribution in [1.82, 2.24) is 9.88 Å². The van der Waals surface area contributed by atoms with Crippen LogP contribution < -0.4 is 0 Å². The highest BCUT2D eigenvalue weighted by Gasteiger charge is 1.97. The Bertz CT molecular complexity index is 425. The molecule has 0 aliphatic rings. The summed E-state index contributed by atoms with van der Waals surface area (Å²) in [6.45, 7) is 5.56. The van der Waals surface area contributed by atoms with E-state index < -0.39 is 0 Å². The molecule has 0 radical (unpaired) electrons. The van der Waals surface area contributed by atoms with Crippen molar-refractivity contribution in [3.8, 4) is 0 Å². The lowest BCUT2D eigenvalue weighted by Crippen LogP contribution is -2.05. The molecule has 0 aliphatic heterocycles. The zero-order valence-electron chi connectivity index (χ0n) is 12.6. The zero-order chi connectivity index (χ0) is 14.7. The first kappa shape index (κ1) is 17.1. The molecule has 0 saturated carbocycles. The second-order valence-electron chi connectivity index (χ2n) is 4.28. The lowest BCUT2D eigenvalue weighted by atomic mass is 10.2. The predicted molar refractivity (Wildman–Crippen MR) is 83.0 cm³/mol. The minimum absolute atomic E-state index is 0. The normalized spacial score (nSPS) is 10.9. The maximum Gasteiger partial charge on any atom is 0.161 e. The average molecular weight is 262 g/mol. The van der Waals surface area contributed by atoms with E-state index in [0.29, 0.717) is 0 Å². The van der Waals surface area contributed by atoms with Crippen LogP contribution in [0.3, 0.4) is 0 Å². The predicted octanol–water partition coefficient (Wildman–Crippen LogP) is 3.49. The third-order valence-electron chi connectivity index (χ3n) is 2.24. The third-order valence-corrected chi connectivity index (χ3v) is 2.24. The van der Waals surface area contributed by atoms with Crippen molar-refractivity contribution < 1.29 is 6.22 Å². The van der Waals surface area contributed by atoms with Crippen LogP contribution >= 0.6 is 0 Å². The number of nitrogens with zero attached hydrogens (tertiary/aromatic N) is 2. The smallest absolute Gasteiger partial charge is 0.161 e. The Morgan fingerprint density at radius 1 is 1.42 bits per heavy atom. The Morgan fingerprint density at radius 3 is 2.42 bits per heavy atom. The highest BCUT2D eigenvalue weighted by atomic mass is 16.1. The van der Waals surface area contributed by atoms with Crippen LogP contribution in [0.2, 0.25) is 0 Å². The monoisotopic (exact) mass is 262 g/mol. The number of hydrogen-bond donors (Lipinski definition) is 0. The van der Waals surface area contributed by atoms with E-state index in [4.69, 9.17) is 0 Å². The fraction of sp³-hybridized carbons (Fsp3) is 0.375. The van der Waals surface area contributed by atoms with Crippen molar-refractivity contribution in [3.63, 3.8) is 0 Å². The number of pyridine rings is 1. The van der Waals surface area contributed by atoms with Gasteiger partial charge in [0.1, 0.15) is 0 Å². The summed E-state index contributed by atoms with van der Waals surface area (Å²) in [4.78, 5) is 16.9. The molecule has 1 heterocycles. The average Bonchev–Trinajstić information content (AvgIpc) is 2.39. The van der Waals surface area contributed by atoms with Crippen molar-refractivity contribution >= 4 is 5.78 Å². The lowest BCUT2D eigenvalue weighted by molar-refractivity contribution is -0.113. The fourth-order valence-electron chi connectivity index (χ4n) is 1.32. The van der Waals surface area contributed by atoms with Crippen LogP contribution in [0, 0.1) is 0 Å². The maximum absolute atomic E-state index is 10.9. The van der Waals surface area contributed by atoms with E-state index in [1.54, 1.807) is 6.92 Å². The summed E-state index contributed by atoms with van der Waals surface area (Å²) in [5.74, 6) is 0.0943. The van der Waals surface area contributed by atoms with Gasteiger partial charge < -0.3 is 4.90 Å². The van der Waals surface area contributed by atoms with E-state index in [2.05, 4.69) is 11.9 Å². The van der Waals surface area contributed by atoms with Gasteiger partial charge in [0.15, 0.2) is 5.78 Å². The third kappa shape index (κ3) is 8.77. The SMILES string of the molecule is C/C=C\C(=C/N(C)C)C(C)=O.CCc1ccccn1.[HH]. The number of carbonyl (C=O) groups is 1. The molecule has 106 valence electrons. The van der Waals surface area contributed by atoms with Crippen LogP contribution in [0.25, 0.3) is 0 Å². The number of allylic oxidation sites excluding steroid dienone is 3. The van der Waals surface area contributed by atoms with Crippen molar-refractivity contribution in [3.05, 3.63) is 54.0 Å². The summed E-state index contributed by atoms with van der Waals surface area (Å²) in [6.07, 6.45) is 8.32. The first-order valence-electron chi connectivity index (χ1n) is 6.43. The summed E-state index contributed by atoms with van der Waals surface area (Å²) in [5, 5.41) is 0. The van der Waals surface area contributed by atoms with Crippen molar-refractivity contribution in [2.24, 2.45) is 0 Å². The molecule has 0 spiro atoms. The largest absolute Gasteiger partial charge is 0.383 e. The molecule has 0 atom stereocenters. The number of aromatic nitrogens is 1. The van der Waals surface area contributed by atoms with Gasteiger partial charge in [-0.3, -0.25) is 9.78 Å². The second-order valence-corrected chi connectivity index (χ2v) is 4.28. The molecular weight excluding hydrogens is 236 g/mol. The van der Waals surface area contributed by atoms with E-state index in [1.807, 2.05) is 68.7 Å². The molecule has 0 bridgehead atoms. The van der Waals surface area contributed by atoms with E-state index >= 15 is 0 Å². The van der Waals surface area contributed by atoms with Gasteiger partial charge in [0.25, 0.3) is 0 Å². The summed E-state index contributed by atoms with van der Waals surface area (Å²) in [5.41, 5.74) is 1.89. The van der Waals surface area contributed by atoms with Crippen molar-refractivity contribution in [1.29, 1.82) is 0 Å². The molecule has 0 fully saturated rings. The Labute approximate surface area is 118 Å². The van der Waals surface area contributed by atoms with Crippen molar-refractivity contribution in [2.45, 2.75) is 27.2 Å². The maximum atomic E-state index is 10.9. The number of aryl methyl sites for hydroxylation is 1. The highest BCUT2D eigenvalue weighted by Crippen LogP contribution is 1.99. The van der Waals surface area contributed by atoms with E-state index in [9.17, 15) is 4.79 Å². The topological polar surface area (TPSA) is 33.2 Å². The molecule has 1 rings (SSSR count). The molecule has 19 heavy (non-hydrogen) atoms. The van der Waals surface area contributed by atoms with Gasteiger partial charge in [-0.2, -0.15) is 0 Å². The minimum Gasteiger partial charge on any atom is -0.383 e. The zero-order valence-corrected chi connectivity index (χ0v) is 12.6. The van der Waals surface area contributed by atoms with Crippen LogP contribution in [0.5, 0.6) is 0 Å². The van der Waals surface area contributed by atoms with Gasteiger partial charge in [-0.05, 0) is 32.4 Å². The Morgan fingerprint density at radius 2 is 2.11 bits per heavy atom. The molecule has 1 aromatic heterocycles. The molecule has 3 nitrogen and oxygen atoms in total. The van der Waals surface area contributed by atoms with Crippen LogP contribution in [0.15, 0.2) is 48.3 Å².